The number of carbonyl (C=O) groups is 1. The maximum Gasteiger partial charge on any atom is 0.417 e. The van der Waals surface area contributed by atoms with Crippen molar-refractivity contribution in [2.75, 3.05) is 11.5 Å². The van der Waals surface area contributed by atoms with Crippen molar-refractivity contribution < 1.29 is 35.9 Å². The predicted octanol–water partition coefficient (Wildman–Crippen LogP) is 4.19. The molecule has 30 heavy (non-hydrogen) atoms. The fraction of sp³-hybridized carbons (Fsp3) is 0.167. The molecule has 12 heteroatoms. The van der Waals surface area contributed by atoms with Crippen LogP contribution in [0.25, 0.3) is 10.9 Å². The topological polar surface area (TPSA) is 104 Å². The highest BCUT2D eigenvalue weighted by Gasteiger charge is 2.39. The Labute approximate surface area is 164 Å². The van der Waals surface area contributed by atoms with Gasteiger partial charge in [-0.2, -0.15) is 31.3 Å². The second-order valence-electron chi connectivity index (χ2n) is 6.15. The predicted molar refractivity (Wildman–Crippen MR) is 93.9 cm³/mol. The van der Waals surface area contributed by atoms with Gasteiger partial charge in [0.25, 0.3) is 0 Å². The normalized spacial score (nSPS) is 12.2. The van der Waals surface area contributed by atoms with Crippen molar-refractivity contribution in [3.8, 4) is 0 Å². The Morgan fingerprint density at radius 1 is 0.933 bits per heavy atom. The molecule has 2 aromatic carbocycles. The van der Waals surface area contributed by atoms with Gasteiger partial charge in [0.1, 0.15) is 12.4 Å². The molecule has 0 saturated carbocycles. The number of anilines is 2. The van der Waals surface area contributed by atoms with Crippen molar-refractivity contribution in [1.82, 2.24) is 9.97 Å². The lowest BCUT2D eigenvalue weighted by Crippen LogP contribution is -2.17. The maximum absolute atomic E-state index is 13.1. The zero-order valence-corrected chi connectivity index (χ0v) is 14.8. The first kappa shape index (κ1) is 21.1. The molecule has 0 radical (unpaired) electrons. The van der Waals surface area contributed by atoms with Gasteiger partial charge in [-0.3, -0.25) is 0 Å². The molecule has 158 valence electrons. The SMILES string of the molecule is Nc1nc(N)c2cc(COC(=O)c3cc(C(F)(F)F)ccc3C(F)(F)F)ccc2n1. The molecule has 1 heterocycles. The average Bonchev–Trinajstić information content (AvgIpc) is 2.64. The quantitative estimate of drug-likeness (QED) is 0.477. The first-order valence-electron chi connectivity index (χ1n) is 8.13. The Bertz CT molecular complexity index is 1130. The van der Waals surface area contributed by atoms with Gasteiger partial charge in [0.15, 0.2) is 0 Å². The van der Waals surface area contributed by atoms with Crippen molar-refractivity contribution in [1.29, 1.82) is 0 Å². The number of alkyl halides is 6. The molecule has 0 aliphatic rings. The summed E-state index contributed by atoms with van der Waals surface area (Å²) in [4.78, 5) is 19.9. The maximum atomic E-state index is 13.1. The van der Waals surface area contributed by atoms with E-state index in [9.17, 15) is 31.1 Å². The number of nitrogens with zero attached hydrogens (tertiary/aromatic N) is 2. The van der Waals surface area contributed by atoms with E-state index in [1.807, 2.05) is 0 Å². The lowest BCUT2D eigenvalue weighted by molar-refractivity contribution is -0.141. The molecule has 0 saturated heterocycles. The van der Waals surface area contributed by atoms with E-state index in [0.29, 0.717) is 16.5 Å². The molecule has 6 nitrogen and oxygen atoms in total. The molecule has 0 unspecified atom stereocenters. The largest absolute Gasteiger partial charge is 0.457 e. The third-order valence-corrected chi connectivity index (χ3v) is 4.05. The van der Waals surface area contributed by atoms with E-state index in [1.54, 1.807) is 0 Å². The van der Waals surface area contributed by atoms with E-state index in [-0.39, 0.29) is 30.0 Å². The van der Waals surface area contributed by atoms with Gasteiger partial charge in [0.05, 0.1) is 22.2 Å². The molecule has 3 rings (SSSR count). The number of hydrogen-bond donors (Lipinski definition) is 2. The van der Waals surface area contributed by atoms with Crippen LogP contribution in [-0.4, -0.2) is 15.9 Å². The molecule has 3 aromatic rings. The number of fused-ring (bicyclic) bond motifs is 1. The minimum absolute atomic E-state index is 0.0305. The molecule has 0 aliphatic carbocycles. The van der Waals surface area contributed by atoms with E-state index in [2.05, 4.69) is 9.97 Å². The molecule has 0 fully saturated rings. The van der Waals surface area contributed by atoms with E-state index in [1.165, 1.54) is 18.2 Å². The number of nitrogens with two attached hydrogens (primary N) is 2. The number of benzene rings is 2. The highest BCUT2D eigenvalue weighted by atomic mass is 19.4. The van der Waals surface area contributed by atoms with Gasteiger partial charge in [-0.15, -0.1) is 0 Å². The molecule has 0 aliphatic heterocycles. The van der Waals surface area contributed by atoms with E-state index in [0.717, 1.165) is 0 Å². The van der Waals surface area contributed by atoms with E-state index >= 15 is 0 Å². The standard InChI is InChI=1S/C18H12F6N4O2/c19-17(20,21)9-2-3-12(18(22,23)24)10(6-9)15(29)30-7-8-1-4-13-11(5-8)14(25)28-16(26)27-13/h1-6H,7H2,(H4,25,26,27,28). The molecule has 0 atom stereocenters. The number of halogens is 6. The van der Waals surface area contributed by atoms with Crippen LogP contribution in [-0.2, 0) is 23.7 Å². The second-order valence-corrected chi connectivity index (χ2v) is 6.15. The smallest absolute Gasteiger partial charge is 0.417 e. The summed E-state index contributed by atoms with van der Waals surface area (Å²) < 4.78 is 82.8. The highest BCUT2D eigenvalue weighted by molar-refractivity contribution is 5.92. The van der Waals surface area contributed by atoms with Gasteiger partial charge in [-0.25, -0.2) is 9.78 Å². The highest BCUT2D eigenvalue weighted by Crippen LogP contribution is 2.37. The van der Waals surface area contributed by atoms with Gasteiger partial charge >= 0.3 is 18.3 Å². The van der Waals surface area contributed by atoms with Crippen LogP contribution in [0, 0.1) is 0 Å². The van der Waals surface area contributed by atoms with Crippen LogP contribution in [0.5, 0.6) is 0 Å². The minimum atomic E-state index is -5.05. The summed E-state index contributed by atoms with van der Waals surface area (Å²) in [5, 5.41) is 0.354. The lowest BCUT2D eigenvalue weighted by Gasteiger charge is -2.15. The van der Waals surface area contributed by atoms with E-state index in [4.69, 9.17) is 16.2 Å². The van der Waals surface area contributed by atoms with Crippen LogP contribution in [0.2, 0.25) is 0 Å². The molecule has 0 bridgehead atoms. The number of ether oxygens (including phenoxy) is 1. The van der Waals surface area contributed by atoms with Crippen LogP contribution in [0.15, 0.2) is 36.4 Å². The Balaban J connectivity index is 1.89. The fourth-order valence-electron chi connectivity index (χ4n) is 2.67. The summed E-state index contributed by atoms with van der Waals surface area (Å²) in [5.41, 5.74) is 7.70. The summed E-state index contributed by atoms with van der Waals surface area (Å²) >= 11 is 0. The van der Waals surface area contributed by atoms with E-state index < -0.39 is 41.6 Å². The number of rotatable bonds is 3. The van der Waals surface area contributed by atoms with Gasteiger partial charge in [0, 0.05) is 5.39 Å². The fourth-order valence-corrected chi connectivity index (χ4v) is 2.67. The summed E-state index contributed by atoms with van der Waals surface area (Å²) in [6, 6.07) is 4.89. The number of aromatic nitrogens is 2. The van der Waals surface area contributed by atoms with Crippen molar-refractivity contribution >= 4 is 28.6 Å². The Morgan fingerprint density at radius 3 is 2.27 bits per heavy atom. The zero-order valence-electron chi connectivity index (χ0n) is 14.8. The Morgan fingerprint density at radius 2 is 1.63 bits per heavy atom. The third kappa shape index (κ3) is 4.36. The third-order valence-electron chi connectivity index (χ3n) is 4.05. The molecule has 0 spiro atoms. The zero-order chi connectivity index (χ0) is 22.3. The summed E-state index contributed by atoms with van der Waals surface area (Å²) in [5.74, 6) is -1.60. The van der Waals surface area contributed by atoms with Crippen molar-refractivity contribution in [3.05, 3.63) is 58.7 Å². The second kappa shape index (κ2) is 7.35. The van der Waals surface area contributed by atoms with Gasteiger partial charge in [-0.05, 0) is 35.9 Å². The molecule has 4 N–H and O–H groups in total. The Kier molecular flexibility index (Phi) is 5.18. The monoisotopic (exact) mass is 430 g/mol. The first-order chi connectivity index (χ1) is 13.9. The number of nitrogen functional groups attached to an aromatic ring is 2. The summed E-state index contributed by atoms with van der Waals surface area (Å²) in [6.45, 7) is -0.522. The average molecular weight is 430 g/mol. The van der Waals surface area contributed by atoms with Crippen molar-refractivity contribution in [3.63, 3.8) is 0 Å². The van der Waals surface area contributed by atoms with Gasteiger partial charge < -0.3 is 16.2 Å². The lowest BCUT2D eigenvalue weighted by atomic mass is 10.0. The van der Waals surface area contributed by atoms with Crippen LogP contribution >= 0.6 is 0 Å². The van der Waals surface area contributed by atoms with Crippen molar-refractivity contribution in [2.45, 2.75) is 19.0 Å². The number of carbonyl (C=O) groups excluding carboxylic acids is 1. The summed E-state index contributed by atoms with van der Waals surface area (Å²) in [7, 11) is 0. The first-order valence-corrected chi connectivity index (χ1v) is 8.13. The molecular formula is C18H12F6N4O2. The number of esters is 1. The van der Waals surface area contributed by atoms with Crippen LogP contribution in [0.3, 0.4) is 0 Å². The van der Waals surface area contributed by atoms with Gasteiger partial charge in [-0.1, -0.05) is 6.07 Å². The van der Waals surface area contributed by atoms with Crippen LogP contribution in [0.1, 0.15) is 27.0 Å². The van der Waals surface area contributed by atoms with Gasteiger partial charge in [0.2, 0.25) is 5.95 Å². The Hall–Kier alpha value is -3.57. The minimum Gasteiger partial charge on any atom is -0.457 e. The van der Waals surface area contributed by atoms with Crippen LogP contribution in [0.4, 0.5) is 38.1 Å². The number of hydrogen-bond acceptors (Lipinski definition) is 6. The molecule has 0 amide bonds. The van der Waals surface area contributed by atoms with Crippen molar-refractivity contribution in [2.24, 2.45) is 0 Å². The van der Waals surface area contributed by atoms with Crippen LogP contribution < -0.4 is 11.5 Å². The molecular weight excluding hydrogens is 418 g/mol. The molecule has 1 aromatic heterocycles. The summed E-state index contributed by atoms with van der Waals surface area (Å²) in [6.07, 6.45) is -9.98.